The van der Waals surface area contributed by atoms with Crippen LogP contribution < -0.4 is 19.1 Å². The van der Waals surface area contributed by atoms with Gasteiger partial charge in [-0.1, -0.05) is 73.5 Å². The maximum atomic E-state index is 9.89. The molecule has 8 heteroatoms. The van der Waals surface area contributed by atoms with Crippen LogP contribution in [0.25, 0.3) is 11.4 Å². The lowest BCUT2D eigenvalue weighted by Crippen LogP contribution is -2.26. The van der Waals surface area contributed by atoms with Gasteiger partial charge in [-0.25, -0.2) is 4.98 Å². The van der Waals surface area contributed by atoms with Gasteiger partial charge in [0.2, 0.25) is 0 Å². The fraction of sp³-hybridized carbons (Fsp3) is 0.344. The molecule has 1 aliphatic rings. The molecule has 1 N–H and O–H groups in total. The van der Waals surface area contributed by atoms with Crippen molar-refractivity contribution >= 4 is 17.3 Å². The summed E-state index contributed by atoms with van der Waals surface area (Å²) in [5.41, 5.74) is 4.95. The van der Waals surface area contributed by atoms with Crippen molar-refractivity contribution < 1.29 is 19.3 Å². The molecule has 0 aliphatic carbocycles. The first-order chi connectivity index (χ1) is 19.6. The molecule has 0 atom stereocenters. The number of methoxy groups -OCH3 is 1. The standard InChI is InChI=1S/C32H36ClN3O4/c1-3-4-16-36-26(31(33)34-32(36)25-9-6-5-7-10-25)22-35(30-24(15-17-37)11-8-12-28(30)38-2)21-23-13-14-27-29(20-23)40-19-18-39-27/h5-14,20,37H,3-4,15-19,21-22H2,1-2H3. The molecule has 0 unspecified atom stereocenters. The zero-order valence-corrected chi connectivity index (χ0v) is 23.9. The molecule has 7 nitrogen and oxygen atoms in total. The summed E-state index contributed by atoms with van der Waals surface area (Å²) in [6.07, 6.45) is 2.56. The Kier molecular flexibility index (Phi) is 9.14. The number of aliphatic hydroxyl groups excluding tert-OH is 1. The summed E-state index contributed by atoms with van der Waals surface area (Å²) in [4.78, 5) is 7.10. The number of imidazole rings is 1. The van der Waals surface area contributed by atoms with Crippen LogP contribution in [0.5, 0.6) is 17.2 Å². The van der Waals surface area contributed by atoms with E-state index in [0.717, 1.165) is 70.5 Å². The molecule has 2 heterocycles. The molecule has 0 saturated carbocycles. The second-order valence-electron chi connectivity index (χ2n) is 9.82. The van der Waals surface area contributed by atoms with E-state index in [9.17, 15) is 5.11 Å². The zero-order valence-electron chi connectivity index (χ0n) is 23.1. The highest BCUT2D eigenvalue weighted by Crippen LogP contribution is 2.38. The van der Waals surface area contributed by atoms with Crippen molar-refractivity contribution in [2.24, 2.45) is 0 Å². The number of halogens is 1. The summed E-state index contributed by atoms with van der Waals surface area (Å²) in [5, 5.41) is 10.4. The Bertz CT molecular complexity index is 1420. The fourth-order valence-corrected chi connectivity index (χ4v) is 5.43. The number of benzene rings is 3. The largest absolute Gasteiger partial charge is 0.495 e. The Balaban J connectivity index is 1.61. The van der Waals surface area contributed by atoms with Gasteiger partial charge in [0.15, 0.2) is 16.7 Å². The van der Waals surface area contributed by atoms with Crippen LogP contribution in [0, 0.1) is 0 Å². The second kappa shape index (κ2) is 13.1. The first-order valence-electron chi connectivity index (χ1n) is 13.8. The molecule has 5 rings (SSSR count). The molecule has 4 aromatic rings. The summed E-state index contributed by atoms with van der Waals surface area (Å²) in [6, 6.07) is 22.2. The van der Waals surface area contributed by atoms with E-state index < -0.39 is 0 Å². The topological polar surface area (TPSA) is 69.0 Å². The van der Waals surface area contributed by atoms with E-state index in [4.69, 9.17) is 30.8 Å². The Morgan fingerprint density at radius 2 is 1.80 bits per heavy atom. The minimum absolute atomic E-state index is 0.0331. The monoisotopic (exact) mass is 561 g/mol. The van der Waals surface area contributed by atoms with E-state index in [-0.39, 0.29) is 6.61 Å². The predicted octanol–water partition coefficient (Wildman–Crippen LogP) is 6.53. The van der Waals surface area contributed by atoms with Crippen LogP contribution in [-0.4, -0.2) is 41.6 Å². The Morgan fingerprint density at radius 1 is 1.00 bits per heavy atom. The van der Waals surface area contributed by atoms with Gasteiger partial charge in [0.25, 0.3) is 0 Å². The predicted molar refractivity (Wildman–Crippen MR) is 159 cm³/mol. The second-order valence-corrected chi connectivity index (χ2v) is 10.2. The number of rotatable bonds is 12. The Hall–Kier alpha value is -3.68. The van der Waals surface area contributed by atoms with Gasteiger partial charge in [-0.15, -0.1) is 0 Å². The summed E-state index contributed by atoms with van der Waals surface area (Å²) < 4.78 is 19.7. The normalized spacial score (nSPS) is 12.4. The summed E-state index contributed by atoms with van der Waals surface area (Å²) in [7, 11) is 1.68. The molecular formula is C32H36ClN3O4. The van der Waals surface area contributed by atoms with Gasteiger partial charge in [-0.3, -0.25) is 0 Å². The van der Waals surface area contributed by atoms with Gasteiger partial charge < -0.3 is 28.8 Å². The van der Waals surface area contributed by atoms with Crippen LogP contribution in [0.2, 0.25) is 5.15 Å². The smallest absolute Gasteiger partial charge is 0.161 e. The van der Waals surface area contributed by atoms with Gasteiger partial charge >= 0.3 is 0 Å². The number of hydrogen-bond donors (Lipinski definition) is 1. The first kappa shape index (κ1) is 27.9. The molecule has 40 heavy (non-hydrogen) atoms. The number of fused-ring (bicyclic) bond motifs is 1. The minimum Gasteiger partial charge on any atom is -0.495 e. The van der Waals surface area contributed by atoms with E-state index in [1.54, 1.807) is 7.11 Å². The Morgan fingerprint density at radius 3 is 2.55 bits per heavy atom. The molecule has 0 radical (unpaired) electrons. The number of para-hydroxylation sites is 1. The number of nitrogens with zero attached hydrogens (tertiary/aromatic N) is 3. The SMILES string of the molecule is CCCCn1c(-c2ccccc2)nc(Cl)c1CN(Cc1ccc2c(c1)OCCO2)c1c(CCO)cccc1OC. The van der Waals surface area contributed by atoms with Crippen LogP contribution >= 0.6 is 11.6 Å². The fourth-order valence-electron chi connectivity index (χ4n) is 5.19. The lowest BCUT2D eigenvalue weighted by Gasteiger charge is -2.30. The number of unbranched alkanes of at least 4 members (excludes halogenated alkanes) is 1. The average Bonchev–Trinajstić information content (AvgIpc) is 3.30. The average molecular weight is 562 g/mol. The van der Waals surface area contributed by atoms with Crippen LogP contribution in [-0.2, 0) is 26.1 Å². The van der Waals surface area contributed by atoms with E-state index in [2.05, 4.69) is 34.6 Å². The maximum Gasteiger partial charge on any atom is 0.161 e. The summed E-state index contributed by atoms with van der Waals surface area (Å²) in [5.74, 6) is 3.11. The number of hydrogen-bond acceptors (Lipinski definition) is 6. The molecular weight excluding hydrogens is 526 g/mol. The Labute approximate surface area is 240 Å². The molecule has 0 spiro atoms. The third-order valence-corrected chi connectivity index (χ3v) is 7.41. The third-order valence-electron chi connectivity index (χ3n) is 7.11. The lowest BCUT2D eigenvalue weighted by molar-refractivity contribution is 0.171. The maximum absolute atomic E-state index is 9.89. The number of anilines is 1. The van der Waals surface area contributed by atoms with Gasteiger partial charge in [-0.2, -0.15) is 0 Å². The molecule has 210 valence electrons. The first-order valence-corrected chi connectivity index (χ1v) is 14.2. The summed E-state index contributed by atoms with van der Waals surface area (Å²) in [6.45, 7) is 5.16. The molecule has 1 aromatic heterocycles. The highest BCUT2D eigenvalue weighted by atomic mass is 35.5. The highest BCUT2D eigenvalue weighted by Gasteiger charge is 2.24. The van der Waals surface area contributed by atoms with Crippen LogP contribution in [0.15, 0.2) is 66.7 Å². The third kappa shape index (κ3) is 6.06. The van der Waals surface area contributed by atoms with E-state index in [1.807, 2.05) is 48.5 Å². The van der Waals surface area contributed by atoms with Crippen LogP contribution in [0.4, 0.5) is 5.69 Å². The van der Waals surface area contributed by atoms with E-state index >= 15 is 0 Å². The molecule has 0 bridgehead atoms. The van der Waals surface area contributed by atoms with E-state index in [1.165, 1.54) is 0 Å². The van der Waals surface area contributed by atoms with Crippen molar-refractivity contribution in [1.29, 1.82) is 0 Å². The van der Waals surface area contributed by atoms with Crippen molar-refractivity contribution in [3.63, 3.8) is 0 Å². The molecule has 0 fully saturated rings. The van der Waals surface area contributed by atoms with Crippen LogP contribution in [0.1, 0.15) is 36.6 Å². The number of aromatic nitrogens is 2. The quantitative estimate of drug-likeness (QED) is 0.212. The highest BCUT2D eigenvalue weighted by molar-refractivity contribution is 6.30. The van der Waals surface area contributed by atoms with Crippen molar-refractivity contribution in [3.05, 3.63) is 88.7 Å². The van der Waals surface area contributed by atoms with Crippen molar-refractivity contribution in [2.75, 3.05) is 31.8 Å². The van der Waals surface area contributed by atoms with Gasteiger partial charge in [0, 0.05) is 25.3 Å². The van der Waals surface area contributed by atoms with Crippen molar-refractivity contribution in [1.82, 2.24) is 9.55 Å². The van der Waals surface area contributed by atoms with Gasteiger partial charge in [0.1, 0.15) is 24.8 Å². The lowest BCUT2D eigenvalue weighted by atomic mass is 10.1. The number of aliphatic hydroxyl groups is 1. The summed E-state index contributed by atoms with van der Waals surface area (Å²) >= 11 is 6.92. The van der Waals surface area contributed by atoms with Gasteiger partial charge in [-0.05, 0) is 42.2 Å². The van der Waals surface area contributed by atoms with E-state index in [0.29, 0.717) is 37.9 Å². The zero-order chi connectivity index (χ0) is 27.9. The molecule has 3 aromatic carbocycles. The van der Waals surface area contributed by atoms with Crippen molar-refractivity contribution in [3.8, 4) is 28.6 Å². The molecule has 0 saturated heterocycles. The van der Waals surface area contributed by atoms with Crippen LogP contribution in [0.3, 0.4) is 0 Å². The minimum atomic E-state index is 0.0331. The molecule has 0 amide bonds. The van der Waals surface area contributed by atoms with Gasteiger partial charge in [0.05, 0.1) is 25.0 Å². The molecule has 1 aliphatic heterocycles. The van der Waals surface area contributed by atoms with Crippen molar-refractivity contribution in [2.45, 2.75) is 45.8 Å². The number of ether oxygens (including phenoxy) is 3.